The van der Waals surface area contributed by atoms with E-state index in [1.165, 1.54) is 50.0 Å². The first kappa shape index (κ1) is 24.9. The molecule has 3 aliphatic heterocycles. The summed E-state index contributed by atoms with van der Waals surface area (Å²) in [5.74, 6) is 1.03. The summed E-state index contributed by atoms with van der Waals surface area (Å²) in [7, 11) is 4.64. The number of nitrogens with zero attached hydrogens (tertiary/aromatic N) is 2. The van der Waals surface area contributed by atoms with E-state index in [2.05, 4.69) is 91.7 Å². The number of rotatable bonds is 7. The molecule has 0 aromatic heterocycles. The molecule has 7 rings (SSSR count). The number of quaternary nitrogens is 1. The number of hydrogen-bond donors (Lipinski definition) is 1. The summed E-state index contributed by atoms with van der Waals surface area (Å²) in [6.45, 7) is 6.77. The number of fused-ring (bicyclic) bond motifs is 2. The average Bonchev–Trinajstić information content (AvgIpc) is 2.94. The lowest BCUT2D eigenvalue weighted by molar-refractivity contribution is -0.905. The topological polar surface area (TPSA) is 23.5 Å². The molecule has 0 spiro atoms. The summed E-state index contributed by atoms with van der Waals surface area (Å²) in [6.07, 6.45) is 5.99. The second kappa shape index (κ2) is 10.0. The van der Waals surface area contributed by atoms with Crippen LogP contribution in [0.5, 0.6) is 0 Å². The molecule has 4 aliphatic rings. The van der Waals surface area contributed by atoms with Gasteiger partial charge in [-0.3, -0.25) is 4.90 Å². The minimum absolute atomic E-state index is 0.252. The van der Waals surface area contributed by atoms with Gasteiger partial charge in [0.1, 0.15) is 5.60 Å². The summed E-state index contributed by atoms with van der Waals surface area (Å²) in [6, 6.07) is 30.9. The van der Waals surface area contributed by atoms with E-state index < -0.39 is 5.60 Å². The van der Waals surface area contributed by atoms with Crippen molar-refractivity contribution in [1.82, 2.24) is 4.90 Å². The number of likely N-dealkylation sites (tertiary alicyclic amines) is 1. The Kier molecular flexibility index (Phi) is 6.73. The molecule has 0 radical (unpaired) electrons. The fourth-order valence-electron chi connectivity index (χ4n) is 7.51. The van der Waals surface area contributed by atoms with Crippen LogP contribution in [-0.2, 0) is 12.1 Å². The maximum absolute atomic E-state index is 12.3. The van der Waals surface area contributed by atoms with E-state index in [-0.39, 0.29) is 5.92 Å². The first-order valence-corrected chi connectivity index (χ1v) is 14.3. The lowest BCUT2D eigenvalue weighted by Gasteiger charge is -2.59. The van der Waals surface area contributed by atoms with Gasteiger partial charge in [0.05, 0.1) is 19.6 Å². The van der Waals surface area contributed by atoms with Crippen LogP contribution in [0.25, 0.3) is 0 Å². The molecule has 3 aromatic carbocycles. The molecule has 4 fully saturated rings. The van der Waals surface area contributed by atoms with Crippen molar-refractivity contribution in [2.24, 2.45) is 11.8 Å². The Morgan fingerprint density at radius 1 is 0.811 bits per heavy atom. The predicted octanol–water partition coefficient (Wildman–Crippen LogP) is 6.30. The van der Waals surface area contributed by atoms with Crippen LogP contribution < -0.4 is 0 Å². The maximum atomic E-state index is 12.3. The van der Waals surface area contributed by atoms with Crippen molar-refractivity contribution >= 4 is 0 Å². The molecule has 194 valence electrons. The molecule has 1 saturated carbocycles. The molecule has 3 heteroatoms. The van der Waals surface area contributed by atoms with Gasteiger partial charge in [0, 0.05) is 24.2 Å². The number of benzene rings is 3. The maximum Gasteiger partial charge on any atom is 0.118 e. The fourth-order valence-corrected chi connectivity index (χ4v) is 7.51. The van der Waals surface area contributed by atoms with Crippen LogP contribution in [-0.4, -0.2) is 46.2 Å². The Hall–Kier alpha value is -2.46. The normalized spacial score (nSPS) is 30.0. The summed E-state index contributed by atoms with van der Waals surface area (Å²) >= 11 is 0. The minimum Gasteiger partial charge on any atom is -0.453 e. The van der Waals surface area contributed by atoms with Crippen LogP contribution in [0.3, 0.4) is 0 Å². The van der Waals surface area contributed by atoms with E-state index in [4.69, 9.17) is 0 Å². The van der Waals surface area contributed by atoms with Crippen molar-refractivity contribution < 1.29 is 9.59 Å². The van der Waals surface area contributed by atoms with Crippen molar-refractivity contribution in [3.8, 4) is 0 Å². The Balaban J connectivity index is 1.09. The highest BCUT2D eigenvalue weighted by Gasteiger charge is 2.52. The van der Waals surface area contributed by atoms with Gasteiger partial charge in [0.25, 0.3) is 0 Å². The fraction of sp³-hybridized carbons (Fsp3) is 0.441. The standard InChI is InChI=1S/C34H42N2O/c1-26-13-15-28(16-14-26)25-36(2)19-17-27(18-20-36)24-35-32-21-31(22-33(35)23-32)34(37,29-9-5-3-6-10-29)30-11-7-4-8-12-30/h3-16,27,31-33,37H,2,17-25H2,1H3. The molecule has 2 bridgehead atoms. The largest absolute Gasteiger partial charge is 0.453 e. The highest BCUT2D eigenvalue weighted by atomic mass is 16.3. The van der Waals surface area contributed by atoms with Crippen LogP contribution in [0.1, 0.15) is 54.4 Å². The lowest BCUT2D eigenvalue weighted by atomic mass is 9.63. The number of piperidine rings is 2. The zero-order valence-electron chi connectivity index (χ0n) is 22.3. The van der Waals surface area contributed by atoms with Gasteiger partial charge >= 0.3 is 0 Å². The molecule has 1 N–H and O–H groups in total. The molecular formula is C34H42N2O. The van der Waals surface area contributed by atoms with Crippen molar-refractivity contribution in [3.05, 3.63) is 114 Å². The molecule has 1 aliphatic carbocycles. The molecule has 3 aromatic rings. The van der Waals surface area contributed by atoms with Gasteiger partial charge in [-0.2, -0.15) is 0 Å². The first-order valence-electron chi connectivity index (χ1n) is 14.3. The Morgan fingerprint density at radius 2 is 1.35 bits per heavy atom. The highest BCUT2D eigenvalue weighted by molar-refractivity contribution is 5.37. The summed E-state index contributed by atoms with van der Waals surface area (Å²) in [5.41, 5.74) is 3.88. The summed E-state index contributed by atoms with van der Waals surface area (Å²) in [4.78, 5) is 2.79. The SMILES string of the molecule is [CH2-][N+]1(Cc2ccc(C)cc2)CCC(CN2C3CC2CC(C(O)(c2ccccc2)c2ccccc2)C3)CC1. The third kappa shape index (κ3) is 4.90. The third-order valence-electron chi connectivity index (χ3n) is 9.74. The van der Waals surface area contributed by atoms with Crippen LogP contribution in [0.15, 0.2) is 84.9 Å². The van der Waals surface area contributed by atoms with E-state index in [1.54, 1.807) is 0 Å². The van der Waals surface area contributed by atoms with E-state index in [0.717, 1.165) is 40.9 Å². The van der Waals surface area contributed by atoms with Crippen LogP contribution in [0.2, 0.25) is 0 Å². The Labute approximate surface area is 223 Å². The van der Waals surface area contributed by atoms with Gasteiger partial charge in [-0.05, 0) is 62.0 Å². The van der Waals surface area contributed by atoms with Gasteiger partial charge in [0.15, 0.2) is 0 Å². The molecule has 0 amide bonds. The number of aliphatic hydroxyl groups is 1. The molecule has 37 heavy (non-hydrogen) atoms. The average molecular weight is 495 g/mol. The Morgan fingerprint density at radius 3 is 1.89 bits per heavy atom. The van der Waals surface area contributed by atoms with E-state index in [1.807, 2.05) is 12.1 Å². The van der Waals surface area contributed by atoms with Crippen molar-refractivity contribution in [2.45, 2.75) is 63.3 Å². The Bertz CT molecular complexity index is 1120. The zero-order valence-corrected chi connectivity index (χ0v) is 22.3. The summed E-state index contributed by atoms with van der Waals surface area (Å²) < 4.78 is 0.926. The van der Waals surface area contributed by atoms with Crippen LogP contribution in [0, 0.1) is 25.8 Å². The smallest absolute Gasteiger partial charge is 0.118 e. The summed E-state index contributed by atoms with van der Waals surface area (Å²) in [5, 5.41) is 12.3. The molecule has 3 heterocycles. The van der Waals surface area contributed by atoms with E-state index in [9.17, 15) is 5.11 Å². The number of hydrogen-bond acceptors (Lipinski definition) is 2. The van der Waals surface area contributed by atoms with Crippen LogP contribution >= 0.6 is 0 Å². The second-order valence-electron chi connectivity index (χ2n) is 12.3. The van der Waals surface area contributed by atoms with Crippen molar-refractivity contribution in [2.75, 3.05) is 19.6 Å². The van der Waals surface area contributed by atoms with Crippen molar-refractivity contribution in [3.63, 3.8) is 0 Å². The molecule has 2 atom stereocenters. The van der Waals surface area contributed by atoms with E-state index >= 15 is 0 Å². The van der Waals surface area contributed by atoms with E-state index in [0.29, 0.717) is 12.1 Å². The monoisotopic (exact) mass is 494 g/mol. The molecule has 2 unspecified atom stereocenters. The zero-order chi connectivity index (χ0) is 25.5. The number of aryl methyl sites for hydroxylation is 1. The quantitative estimate of drug-likeness (QED) is 0.308. The van der Waals surface area contributed by atoms with Crippen molar-refractivity contribution in [1.29, 1.82) is 0 Å². The predicted molar refractivity (Wildman–Crippen MR) is 150 cm³/mol. The second-order valence-corrected chi connectivity index (χ2v) is 12.3. The van der Waals surface area contributed by atoms with Gasteiger partial charge < -0.3 is 9.59 Å². The highest BCUT2D eigenvalue weighted by Crippen LogP contribution is 2.51. The van der Waals surface area contributed by atoms with Gasteiger partial charge in [-0.15, -0.1) is 7.05 Å². The minimum atomic E-state index is -0.919. The van der Waals surface area contributed by atoms with Gasteiger partial charge in [-0.1, -0.05) is 90.5 Å². The van der Waals surface area contributed by atoms with Gasteiger partial charge in [-0.25, -0.2) is 0 Å². The third-order valence-corrected chi connectivity index (χ3v) is 9.74. The van der Waals surface area contributed by atoms with Gasteiger partial charge in [0.2, 0.25) is 0 Å². The molecule has 3 saturated heterocycles. The molecule has 3 nitrogen and oxygen atoms in total. The van der Waals surface area contributed by atoms with Crippen LogP contribution in [0.4, 0.5) is 0 Å². The first-order chi connectivity index (χ1) is 17.9. The lowest BCUT2D eigenvalue weighted by Crippen LogP contribution is -2.64. The molecular weight excluding hydrogens is 452 g/mol.